The topological polar surface area (TPSA) is 78.3 Å². The number of aromatic nitrogens is 3. The normalized spacial score (nSPS) is 16.4. The molecule has 0 bridgehead atoms. The number of fused-ring (bicyclic) bond motifs is 1. The van der Waals surface area contributed by atoms with Crippen molar-refractivity contribution < 1.29 is 14.3 Å². The van der Waals surface area contributed by atoms with Crippen LogP contribution in [-0.4, -0.2) is 41.1 Å². The molecule has 25 heavy (non-hydrogen) atoms. The molecule has 0 radical (unpaired) electrons. The molecule has 2 aromatic rings. The van der Waals surface area contributed by atoms with E-state index < -0.39 is 12.0 Å². The number of esters is 1. The molecule has 1 atom stereocenters. The molecule has 3 rings (SSSR count). The highest BCUT2D eigenvalue weighted by molar-refractivity contribution is 6.42. The zero-order valence-corrected chi connectivity index (χ0v) is 15.1. The van der Waals surface area contributed by atoms with Crippen molar-refractivity contribution in [3.63, 3.8) is 0 Å². The first-order valence-electron chi connectivity index (χ1n) is 7.57. The van der Waals surface area contributed by atoms with Crippen LogP contribution >= 0.6 is 23.2 Å². The second-order valence-electron chi connectivity index (χ2n) is 5.28. The van der Waals surface area contributed by atoms with Gasteiger partial charge in [0, 0.05) is 7.11 Å². The van der Waals surface area contributed by atoms with E-state index in [9.17, 15) is 4.79 Å². The molecule has 0 saturated heterocycles. The number of hydrogen-bond acceptors (Lipinski definition) is 6. The first kappa shape index (κ1) is 17.7. The molecule has 0 spiro atoms. The van der Waals surface area contributed by atoms with Gasteiger partial charge in [-0.1, -0.05) is 29.3 Å². The predicted molar refractivity (Wildman–Crippen MR) is 93.8 cm³/mol. The van der Waals surface area contributed by atoms with Crippen LogP contribution in [0.2, 0.25) is 10.0 Å². The SMILES string of the molecule is CCOC(=O)C1=C(COC)Nc2ncnn2C1c1ccc(Cl)c(Cl)c1. The van der Waals surface area contributed by atoms with Gasteiger partial charge in [-0.3, -0.25) is 0 Å². The predicted octanol–water partition coefficient (Wildman–Crippen LogP) is 3.06. The number of carbonyl (C=O) groups is 1. The Kier molecular flexibility index (Phi) is 5.27. The Bertz CT molecular complexity index is 835. The molecule has 0 fully saturated rings. The monoisotopic (exact) mass is 382 g/mol. The lowest BCUT2D eigenvalue weighted by molar-refractivity contribution is -0.139. The summed E-state index contributed by atoms with van der Waals surface area (Å²) in [6.45, 7) is 2.19. The molecular weight excluding hydrogens is 367 g/mol. The number of anilines is 1. The van der Waals surface area contributed by atoms with Crippen LogP contribution in [0.25, 0.3) is 0 Å². The Labute approximate surface area is 154 Å². The third-order valence-corrected chi connectivity index (χ3v) is 4.46. The maximum absolute atomic E-state index is 12.7. The summed E-state index contributed by atoms with van der Waals surface area (Å²) in [6.07, 6.45) is 1.41. The van der Waals surface area contributed by atoms with E-state index in [-0.39, 0.29) is 13.2 Å². The molecule has 1 aromatic heterocycles. The van der Waals surface area contributed by atoms with Crippen LogP contribution in [0.5, 0.6) is 0 Å². The van der Waals surface area contributed by atoms with Gasteiger partial charge in [0.05, 0.1) is 34.5 Å². The van der Waals surface area contributed by atoms with E-state index in [1.165, 1.54) is 6.33 Å². The Hall–Kier alpha value is -2.09. The standard InChI is InChI=1S/C16H16Cl2N4O3/c1-3-25-15(23)13-12(7-24-2)21-16-19-8-20-22(16)14(13)9-4-5-10(17)11(18)6-9/h4-6,8,14H,3,7H2,1-2H3,(H,19,20,21). The third kappa shape index (κ3) is 3.35. The van der Waals surface area contributed by atoms with Gasteiger partial charge in [-0.05, 0) is 24.6 Å². The summed E-state index contributed by atoms with van der Waals surface area (Å²) in [5, 5.41) is 8.13. The highest BCUT2D eigenvalue weighted by Crippen LogP contribution is 2.37. The highest BCUT2D eigenvalue weighted by atomic mass is 35.5. The highest BCUT2D eigenvalue weighted by Gasteiger charge is 2.35. The van der Waals surface area contributed by atoms with Crippen LogP contribution < -0.4 is 5.32 Å². The summed E-state index contributed by atoms with van der Waals surface area (Å²) in [6, 6.07) is 4.61. The minimum atomic E-state index is -0.558. The van der Waals surface area contributed by atoms with Crippen LogP contribution in [0, 0.1) is 0 Å². The molecule has 0 amide bonds. The molecule has 1 aliphatic rings. The van der Waals surface area contributed by atoms with Crippen LogP contribution in [0.4, 0.5) is 5.95 Å². The molecule has 9 heteroatoms. The molecule has 2 heterocycles. The van der Waals surface area contributed by atoms with Crippen LogP contribution in [-0.2, 0) is 14.3 Å². The lowest BCUT2D eigenvalue weighted by Gasteiger charge is -2.29. The number of nitrogens with one attached hydrogen (secondary N) is 1. The van der Waals surface area contributed by atoms with Crippen molar-refractivity contribution in [1.82, 2.24) is 14.8 Å². The fourth-order valence-corrected chi connectivity index (χ4v) is 3.02. The van der Waals surface area contributed by atoms with Crippen molar-refractivity contribution in [2.45, 2.75) is 13.0 Å². The van der Waals surface area contributed by atoms with Gasteiger partial charge in [0.1, 0.15) is 12.4 Å². The van der Waals surface area contributed by atoms with E-state index in [1.54, 1.807) is 36.9 Å². The van der Waals surface area contributed by atoms with Crippen molar-refractivity contribution in [2.24, 2.45) is 0 Å². The van der Waals surface area contributed by atoms with E-state index in [4.69, 9.17) is 32.7 Å². The zero-order valence-electron chi connectivity index (χ0n) is 13.6. The molecule has 7 nitrogen and oxygen atoms in total. The van der Waals surface area contributed by atoms with Gasteiger partial charge in [0.25, 0.3) is 0 Å². The summed E-state index contributed by atoms with van der Waals surface area (Å²) < 4.78 is 12.1. The number of ether oxygens (including phenoxy) is 2. The summed E-state index contributed by atoms with van der Waals surface area (Å²) in [7, 11) is 1.55. The number of hydrogen-bond donors (Lipinski definition) is 1. The maximum atomic E-state index is 12.7. The zero-order chi connectivity index (χ0) is 18.0. The van der Waals surface area contributed by atoms with Crippen LogP contribution in [0.15, 0.2) is 35.8 Å². The van der Waals surface area contributed by atoms with Gasteiger partial charge in [-0.15, -0.1) is 0 Å². The van der Waals surface area contributed by atoms with Gasteiger partial charge < -0.3 is 14.8 Å². The molecule has 0 aliphatic carbocycles. The lowest BCUT2D eigenvalue weighted by Crippen LogP contribution is -2.31. The first-order chi connectivity index (χ1) is 12.1. The van der Waals surface area contributed by atoms with E-state index in [1.807, 2.05) is 0 Å². The second-order valence-corrected chi connectivity index (χ2v) is 6.09. The average Bonchev–Trinajstić information content (AvgIpc) is 3.04. The Balaban J connectivity index is 2.18. The van der Waals surface area contributed by atoms with Gasteiger partial charge in [0.15, 0.2) is 0 Å². The fraction of sp³-hybridized carbons (Fsp3) is 0.312. The number of rotatable bonds is 5. The van der Waals surface area contributed by atoms with Crippen LogP contribution in [0.1, 0.15) is 18.5 Å². The summed E-state index contributed by atoms with van der Waals surface area (Å²) in [5.74, 6) is 0.0374. The molecule has 1 aliphatic heterocycles. The minimum absolute atomic E-state index is 0.193. The van der Waals surface area contributed by atoms with Crippen molar-refractivity contribution in [2.75, 3.05) is 25.6 Å². The second kappa shape index (κ2) is 7.43. The first-order valence-corrected chi connectivity index (χ1v) is 8.33. The van der Waals surface area contributed by atoms with E-state index >= 15 is 0 Å². The fourth-order valence-electron chi connectivity index (χ4n) is 2.71. The minimum Gasteiger partial charge on any atom is -0.463 e. The Morgan fingerprint density at radius 2 is 2.16 bits per heavy atom. The molecule has 1 N–H and O–H groups in total. The molecule has 1 aromatic carbocycles. The molecule has 132 valence electrons. The quantitative estimate of drug-likeness (QED) is 0.800. The van der Waals surface area contributed by atoms with E-state index in [0.717, 1.165) is 5.56 Å². The van der Waals surface area contributed by atoms with Gasteiger partial charge in [0.2, 0.25) is 5.95 Å². The molecule has 1 unspecified atom stereocenters. The Morgan fingerprint density at radius 1 is 1.36 bits per heavy atom. The smallest absolute Gasteiger partial charge is 0.338 e. The molecular formula is C16H16Cl2N4O3. The van der Waals surface area contributed by atoms with E-state index in [0.29, 0.717) is 27.3 Å². The van der Waals surface area contributed by atoms with Crippen molar-refractivity contribution in [1.29, 1.82) is 0 Å². The number of carbonyl (C=O) groups excluding carboxylic acids is 1. The van der Waals surface area contributed by atoms with Gasteiger partial charge in [-0.2, -0.15) is 10.1 Å². The number of halogens is 2. The summed E-state index contributed by atoms with van der Waals surface area (Å²) >= 11 is 12.2. The lowest BCUT2D eigenvalue weighted by atomic mass is 9.95. The number of nitrogens with zero attached hydrogens (tertiary/aromatic N) is 3. The maximum Gasteiger partial charge on any atom is 0.338 e. The van der Waals surface area contributed by atoms with Crippen LogP contribution in [0.3, 0.4) is 0 Å². The summed E-state index contributed by atoms with van der Waals surface area (Å²) in [5.41, 5.74) is 1.69. The van der Waals surface area contributed by atoms with Gasteiger partial charge >= 0.3 is 5.97 Å². The van der Waals surface area contributed by atoms with E-state index in [2.05, 4.69) is 15.4 Å². The van der Waals surface area contributed by atoms with Gasteiger partial charge in [-0.25, -0.2) is 9.48 Å². The number of benzene rings is 1. The van der Waals surface area contributed by atoms with Crippen molar-refractivity contribution >= 4 is 35.1 Å². The summed E-state index contributed by atoms with van der Waals surface area (Å²) in [4.78, 5) is 16.8. The Morgan fingerprint density at radius 3 is 2.84 bits per heavy atom. The third-order valence-electron chi connectivity index (χ3n) is 3.72. The molecule has 0 saturated carbocycles. The van der Waals surface area contributed by atoms with Crippen molar-refractivity contribution in [3.05, 3.63) is 51.4 Å². The largest absolute Gasteiger partial charge is 0.463 e. The average molecular weight is 383 g/mol. The number of methoxy groups -OCH3 is 1. The van der Waals surface area contributed by atoms with Crippen molar-refractivity contribution in [3.8, 4) is 0 Å².